The molecule has 2 rings (SSSR count). The number of hydrogen-bond donors (Lipinski definition) is 2. The molecule has 1 saturated heterocycles. The van der Waals surface area contributed by atoms with Crippen molar-refractivity contribution in [1.82, 2.24) is 10.2 Å². The summed E-state index contributed by atoms with van der Waals surface area (Å²) >= 11 is 0. The summed E-state index contributed by atoms with van der Waals surface area (Å²) < 4.78 is 5.50. The van der Waals surface area contributed by atoms with E-state index in [2.05, 4.69) is 41.4 Å². The quantitative estimate of drug-likeness (QED) is 0.678. The fraction of sp³-hybridized carbons (Fsp3) is 0.650. The SMILES string of the molecule is CCC(CC)(CN)C(=O)NCC(c1cccc(C)c1)N1CCOCC1.Cl.Cl. The Bertz CT molecular complexity index is 554. The Morgan fingerprint density at radius 3 is 2.41 bits per heavy atom. The maximum Gasteiger partial charge on any atom is 0.227 e. The molecule has 1 fully saturated rings. The topological polar surface area (TPSA) is 67.6 Å². The zero-order valence-electron chi connectivity index (χ0n) is 16.7. The van der Waals surface area contributed by atoms with Crippen LogP contribution < -0.4 is 11.1 Å². The van der Waals surface area contributed by atoms with E-state index in [1.165, 1.54) is 11.1 Å². The summed E-state index contributed by atoms with van der Waals surface area (Å²) in [6, 6.07) is 8.71. The minimum absolute atomic E-state index is 0. The monoisotopic (exact) mass is 419 g/mol. The van der Waals surface area contributed by atoms with Gasteiger partial charge in [-0.15, -0.1) is 24.8 Å². The molecule has 1 aliphatic heterocycles. The molecule has 1 amide bonds. The van der Waals surface area contributed by atoms with Gasteiger partial charge in [0, 0.05) is 26.2 Å². The van der Waals surface area contributed by atoms with E-state index in [4.69, 9.17) is 10.5 Å². The molecule has 1 aliphatic rings. The van der Waals surface area contributed by atoms with Crippen molar-refractivity contribution in [3.05, 3.63) is 35.4 Å². The number of halogens is 2. The molecule has 1 aromatic carbocycles. The van der Waals surface area contributed by atoms with Crippen molar-refractivity contribution in [2.75, 3.05) is 39.4 Å². The predicted molar refractivity (Wildman–Crippen MR) is 116 cm³/mol. The zero-order valence-corrected chi connectivity index (χ0v) is 18.3. The second kappa shape index (κ2) is 12.6. The lowest BCUT2D eigenvalue weighted by Crippen LogP contribution is -2.49. The largest absolute Gasteiger partial charge is 0.379 e. The van der Waals surface area contributed by atoms with Gasteiger partial charge in [-0.2, -0.15) is 0 Å². The van der Waals surface area contributed by atoms with Crippen molar-refractivity contribution < 1.29 is 9.53 Å². The molecular formula is C20H35Cl2N3O2. The molecule has 0 aromatic heterocycles. The first-order valence-electron chi connectivity index (χ1n) is 9.43. The Kier molecular flexibility index (Phi) is 12.2. The lowest BCUT2D eigenvalue weighted by Gasteiger charge is -2.36. The van der Waals surface area contributed by atoms with Gasteiger partial charge in [0.15, 0.2) is 0 Å². The molecule has 1 heterocycles. The first kappa shape index (κ1) is 26.1. The lowest BCUT2D eigenvalue weighted by molar-refractivity contribution is -0.131. The van der Waals surface area contributed by atoms with Crippen molar-refractivity contribution in [1.29, 1.82) is 0 Å². The average Bonchev–Trinajstić information content (AvgIpc) is 2.65. The highest BCUT2D eigenvalue weighted by Crippen LogP contribution is 2.26. The van der Waals surface area contributed by atoms with E-state index in [1.54, 1.807) is 0 Å². The third-order valence-corrected chi connectivity index (χ3v) is 5.60. The van der Waals surface area contributed by atoms with Crippen LogP contribution in [0.15, 0.2) is 24.3 Å². The normalized spacial score (nSPS) is 16.0. The van der Waals surface area contributed by atoms with Gasteiger partial charge in [0.2, 0.25) is 5.91 Å². The van der Waals surface area contributed by atoms with E-state index in [9.17, 15) is 4.79 Å². The number of ether oxygens (including phenoxy) is 1. The van der Waals surface area contributed by atoms with E-state index in [0.717, 1.165) is 39.1 Å². The highest BCUT2D eigenvalue weighted by Gasteiger charge is 2.34. The average molecular weight is 420 g/mol. The van der Waals surface area contributed by atoms with Crippen LogP contribution in [-0.2, 0) is 9.53 Å². The Morgan fingerprint density at radius 1 is 1.26 bits per heavy atom. The maximum atomic E-state index is 12.8. The minimum Gasteiger partial charge on any atom is -0.379 e. The molecule has 3 N–H and O–H groups in total. The first-order valence-corrected chi connectivity index (χ1v) is 9.43. The zero-order chi connectivity index (χ0) is 18.3. The van der Waals surface area contributed by atoms with E-state index < -0.39 is 5.41 Å². The molecule has 0 radical (unpaired) electrons. The second-order valence-corrected chi connectivity index (χ2v) is 6.98. The van der Waals surface area contributed by atoms with E-state index in [1.807, 2.05) is 13.8 Å². The first-order chi connectivity index (χ1) is 12.1. The molecule has 0 aliphatic carbocycles. The fourth-order valence-corrected chi connectivity index (χ4v) is 3.55. The Hall–Kier alpha value is -0.850. The van der Waals surface area contributed by atoms with Gasteiger partial charge in [0.25, 0.3) is 0 Å². The van der Waals surface area contributed by atoms with Crippen LogP contribution in [0, 0.1) is 12.3 Å². The van der Waals surface area contributed by atoms with Crippen molar-refractivity contribution in [2.45, 2.75) is 39.7 Å². The van der Waals surface area contributed by atoms with Crippen LogP contribution in [-0.4, -0.2) is 50.2 Å². The van der Waals surface area contributed by atoms with Crippen molar-refractivity contribution in [3.63, 3.8) is 0 Å². The maximum absolute atomic E-state index is 12.8. The van der Waals surface area contributed by atoms with Gasteiger partial charge < -0.3 is 15.8 Å². The summed E-state index contributed by atoms with van der Waals surface area (Å²) in [6.45, 7) is 10.4. The summed E-state index contributed by atoms with van der Waals surface area (Å²) in [7, 11) is 0. The molecule has 5 nitrogen and oxygen atoms in total. The third-order valence-electron chi connectivity index (χ3n) is 5.60. The van der Waals surface area contributed by atoms with Gasteiger partial charge in [-0.05, 0) is 25.3 Å². The number of morpholine rings is 1. The molecular weight excluding hydrogens is 385 g/mol. The molecule has 0 saturated carbocycles. The van der Waals surface area contributed by atoms with Crippen LogP contribution in [0.25, 0.3) is 0 Å². The number of carbonyl (C=O) groups is 1. The van der Waals surface area contributed by atoms with Crippen LogP contribution >= 0.6 is 24.8 Å². The second-order valence-electron chi connectivity index (χ2n) is 6.98. The fourth-order valence-electron chi connectivity index (χ4n) is 3.55. The van der Waals surface area contributed by atoms with Crippen molar-refractivity contribution in [2.24, 2.45) is 11.1 Å². The number of aryl methyl sites for hydroxylation is 1. The highest BCUT2D eigenvalue weighted by atomic mass is 35.5. The number of nitrogens with one attached hydrogen (secondary N) is 1. The molecule has 1 atom stereocenters. The predicted octanol–water partition coefficient (Wildman–Crippen LogP) is 3.09. The number of carbonyl (C=O) groups excluding carboxylic acids is 1. The van der Waals surface area contributed by atoms with Gasteiger partial charge in [-0.3, -0.25) is 9.69 Å². The van der Waals surface area contributed by atoms with Crippen LogP contribution in [0.3, 0.4) is 0 Å². The van der Waals surface area contributed by atoms with Gasteiger partial charge in [-0.1, -0.05) is 43.7 Å². The van der Waals surface area contributed by atoms with Crippen molar-refractivity contribution in [3.8, 4) is 0 Å². The van der Waals surface area contributed by atoms with E-state index in [-0.39, 0.29) is 36.8 Å². The van der Waals surface area contributed by atoms with Crippen LogP contribution in [0.4, 0.5) is 0 Å². The Balaban J connectivity index is 0.00000338. The molecule has 7 heteroatoms. The lowest BCUT2D eigenvalue weighted by atomic mass is 9.81. The number of amides is 1. The van der Waals surface area contributed by atoms with Crippen LogP contribution in [0.1, 0.15) is 43.9 Å². The van der Waals surface area contributed by atoms with Crippen LogP contribution in [0.5, 0.6) is 0 Å². The molecule has 27 heavy (non-hydrogen) atoms. The minimum atomic E-state index is -0.456. The van der Waals surface area contributed by atoms with Gasteiger partial charge >= 0.3 is 0 Å². The van der Waals surface area contributed by atoms with E-state index in [0.29, 0.717) is 13.1 Å². The summed E-state index contributed by atoms with van der Waals surface area (Å²) in [6.07, 6.45) is 1.52. The smallest absolute Gasteiger partial charge is 0.227 e. The number of rotatable bonds is 8. The van der Waals surface area contributed by atoms with Crippen molar-refractivity contribution >= 4 is 30.7 Å². The number of hydrogen-bond acceptors (Lipinski definition) is 4. The van der Waals surface area contributed by atoms with Gasteiger partial charge in [0.05, 0.1) is 24.7 Å². The third kappa shape index (κ3) is 6.61. The number of nitrogens with zero attached hydrogens (tertiary/aromatic N) is 1. The molecule has 1 aromatic rings. The summed E-state index contributed by atoms with van der Waals surface area (Å²) in [5.41, 5.74) is 7.95. The Morgan fingerprint density at radius 2 is 1.89 bits per heavy atom. The summed E-state index contributed by atoms with van der Waals surface area (Å²) in [5, 5.41) is 3.19. The molecule has 0 bridgehead atoms. The summed E-state index contributed by atoms with van der Waals surface area (Å²) in [4.78, 5) is 15.2. The molecule has 1 unspecified atom stereocenters. The van der Waals surface area contributed by atoms with Gasteiger partial charge in [0.1, 0.15) is 0 Å². The van der Waals surface area contributed by atoms with E-state index >= 15 is 0 Å². The number of benzene rings is 1. The molecule has 156 valence electrons. The van der Waals surface area contributed by atoms with Crippen LogP contribution in [0.2, 0.25) is 0 Å². The Labute approximate surface area is 176 Å². The number of nitrogens with two attached hydrogens (primary N) is 1. The standard InChI is InChI=1S/C20H33N3O2.2ClH/c1-4-20(5-2,15-21)19(24)22-14-18(23-9-11-25-12-10-23)17-8-6-7-16(3)13-17;;/h6-8,13,18H,4-5,9-12,14-15,21H2,1-3H3,(H,22,24);2*1H. The van der Waals surface area contributed by atoms with Gasteiger partial charge in [-0.25, -0.2) is 0 Å². The summed E-state index contributed by atoms with van der Waals surface area (Å²) in [5.74, 6) is 0.0749. The highest BCUT2D eigenvalue weighted by molar-refractivity contribution is 5.85. The molecule has 0 spiro atoms.